The standard InChI is InChI=1S/C17H19N5OS/c1-11-7-16(22(21-11)10-14-5-4-6-18-9-14)20-17(23)8-15-12(2)19-13(3)24-15/h4-7,9H,8,10H2,1-3H3,(H,20,23). The minimum atomic E-state index is -0.0610. The summed E-state index contributed by atoms with van der Waals surface area (Å²) in [6.07, 6.45) is 3.86. The molecule has 3 aromatic heterocycles. The molecule has 24 heavy (non-hydrogen) atoms. The molecule has 7 heteroatoms. The first kappa shape index (κ1) is 16.3. The molecule has 0 fully saturated rings. The van der Waals surface area contributed by atoms with Crippen LogP contribution < -0.4 is 5.32 Å². The van der Waals surface area contributed by atoms with Gasteiger partial charge in [-0.2, -0.15) is 5.10 Å². The number of pyridine rings is 1. The van der Waals surface area contributed by atoms with Crippen LogP contribution in [0.15, 0.2) is 30.6 Å². The minimum Gasteiger partial charge on any atom is -0.311 e. The highest BCUT2D eigenvalue weighted by Crippen LogP contribution is 2.19. The fourth-order valence-electron chi connectivity index (χ4n) is 2.50. The van der Waals surface area contributed by atoms with Gasteiger partial charge in [-0.3, -0.25) is 9.78 Å². The Kier molecular flexibility index (Phi) is 4.71. The molecule has 0 spiro atoms. The van der Waals surface area contributed by atoms with Crippen LogP contribution in [-0.2, 0) is 17.8 Å². The van der Waals surface area contributed by atoms with Gasteiger partial charge in [-0.05, 0) is 32.4 Å². The third-order valence-electron chi connectivity index (χ3n) is 3.55. The number of carbonyl (C=O) groups excluding carboxylic acids is 1. The lowest BCUT2D eigenvalue weighted by Crippen LogP contribution is -2.18. The number of thiazole rings is 1. The molecule has 0 aliphatic heterocycles. The van der Waals surface area contributed by atoms with Crippen LogP contribution in [0.3, 0.4) is 0 Å². The van der Waals surface area contributed by atoms with Crippen LogP contribution in [0.5, 0.6) is 0 Å². The molecular formula is C17H19N5OS. The van der Waals surface area contributed by atoms with Gasteiger partial charge in [0.15, 0.2) is 0 Å². The van der Waals surface area contributed by atoms with E-state index in [1.165, 1.54) is 0 Å². The Balaban J connectivity index is 1.73. The summed E-state index contributed by atoms with van der Waals surface area (Å²) in [6, 6.07) is 5.75. The lowest BCUT2D eigenvalue weighted by atomic mass is 10.3. The monoisotopic (exact) mass is 341 g/mol. The highest BCUT2D eigenvalue weighted by Gasteiger charge is 2.13. The Morgan fingerprint density at radius 2 is 2.17 bits per heavy atom. The lowest BCUT2D eigenvalue weighted by Gasteiger charge is -2.08. The van der Waals surface area contributed by atoms with Gasteiger partial charge < -0.3 is 5.32 Å². The van der Waals surface area contributed by atoms with Gasteiger partial charge >= 0.3 is 0 Å². The van der Waals surface area contributed by atoms with Crippen molar-refractivity contribution in [3.8, 4) is 0 Å². The fourth-order valence-corrected chi connectivity index (χ4v) is 3.44. The normalized spacial score (nSPS) is 10.8. The van der Waals surface area contributed by atoms with Crippen molar-refractivity contribution in [1.29, 1.82) is 0 Å². The molecule has 3 heterocycles. The van der Waals surface area contributed by atoms with Gasteiger partial charge in [-0.25, -0.2) is 9.67 Å². The zero-order chi connectivity index (χ0) is 17.1. The molecule has 0 unspecified atom stereocenters. The number of nitrogens with zero attached hydrogens (tertiary/aromatic N) is 4. The predicted molar refractivity (Wildman–Crippen MR) is 94.2 cm³/mol. The second-order valence-corrected chi connectivity index (χ2v) is 6.94. The summed E-state index contributed by atoms with van der Waals surface area (Å²) in [4.78, 5) is 21.8. The molecule has 0 aliphatic rings. The highest BCUT2D eigenvalue weighted by atomic mass is 32.1. The summed E-state index contributed by atoms with van der Waals surface area (Å²) in [5.74, 6) is 0.634. The van der Waals surface area contributed by atoms with Crippen LogP contribution in [0.25, 0.3) is 0 Å². The van der Waals surface area contributed by atoms with Gasteiger partial charge in [0.25, 0.3) is 0 Å². The molecule has 0 saturated carbocycles. The van der Waals surface area contributed by atoms with Crippen molar-refractivity contribution in [3.05, 3.63) is 57.4 Å². The Morgan fingerprint density at radius 1 is 1.33 bits per heavy atom. The van der Waals surface area contributed by atoms with Gasteiger partial charge in [-0.1, -0.05) is 6.07 Å². The second-order valence-electron chi connectivity index (χ2n) is 5.66. The first-order valence-corrected chi connectivity index (χ1v) is 8.49. The number of hydrogen-bond donors (Lipinski definition) is 1. The molecule has 0 bridgehead atoms. The SMILES string of the molecule is Cc1cc(NC(=O)Cc2sc(C)nc2C)n(Cc2cccnc2)n1. The molecule has 0 aromatic carbocycles. The zero-order valence-corrected chi connectivity index (χ0v) is 14.7. The van der Waals surface area contributed by atoms with Gasteiger partial charge in [0, 0.05) is 23.3 Å². The van der Waals surface area contributed by atoms with E-state index in [1.807, 2.05) is 39.0 Å². The molecule has 0 atom stereocenters. The molecule has 3 rings (SSSR count). The Bertz CT molecular complexity index is 853. The molecular weight excluding hydrogens is 322 g/mol. The zero-order valence-electron chi connectivity index (χ0n) is 13.9. The van der Waals surface area contributed by atoms with E-state index in [2.05, 4.69) is 20.4 Å². The van der Waals surface area contributed by atoms with Crippen molar-refractivity contribution in [3.63, 3.8) is 0 Å². The highest BCUT2D eigenvalue weighted by molar-refractivity contribution is 7.11. The predicted octanol–water partition coefficient (Wildman–Crippen LogP) is 2.89. The largest absolute Gasteiger partial charge is 0.311 e. The maximum Gasteiger partial charge on any atom is 0.230 e. The van der Waals surface area contributed by atoms with Crippen molar-refractivity contribution in [1.82, 2.24) is 19.7 Å². The van der Waals surface area contributed by atoms with E-state index in [0.29, 0.717) is 18.8 Å². The average molecular weight is 341 g/mol. The number of amides is 1. The number of hydrogen-bond acceptors (Lipinski definition) is 5. The van der Waals surface area contributed by atoms with Gasteiger partial charge in [0.1, 0.15) is 5.82 Å². The maximum absolute atomic E-state index is 12.4. The Hall–Kier alpha value is -2.54. The molecule has 1 amide bonds. The molecule has 1 N–H and O–H groups in total. The fraction of sp³-hybridized carbons (Fsp3) is 0.294. The average Bonchev–Trinajstić information content (AvgIpc) is 3.02. The summed E-state index contributed by atoms with van der Waals surface area (Å²) in [5, 5.41) is 8.39. The molecule has 124 valence electrons. The summed E-state index contributed by atoms with van der Waals surface area (Å²) < 4.78 is 1.79. The summed E-state index contributed by atoms with van der Waals surface area (Å²) in [5.41, 5.74) is 2.82. The Labute approximate surface area is 144 Å². The first-order valence-electron chi connectivity index (χ1n) is 7.67. The van der Waals surface area contributed by atoms with Crippen molar-refractivity contribution in [2.24, 2.45) is 0 Å². The number of rotatable bonds is 5. The summed E-state index contributed by atoms with van der Waals surface area (Å²) >= 11 is 1.56. The van der Waals surface area contributed by atoms with E-state index < -0.39 is 0 Å². The topological polar surface area (TPSA) is 72.7 Å². The number of aryl methyl sites for hydroxylation is 3. The van der Waals surface area contributed by atoms with E-state index in [0.717, 1.165) is 26.8 Å². The first-order chi connectivity index (χ1) is 11.5. The molecule has 0 saturated heterocycles. The minimum absolute atomic E-state index is 0.0610. The van der Waals surface area contributed by atoms with Gasteiger partial charge in [-0.15, -0.1) is 11.3 Å². The van der Waals surface area contributed by atoms with Crippen molar-refractivity contribution >= 4 is 23.1 Å². The van der Waals surface area contributed by atoms with E-state index in [1.54, 1.807) is 28.4 Å². The maximum atomic E-state index is 12.4. The van der Waals surface area contributed by atoms with Crippen molar-refractivity contribution in [2.45, 2.75) is 33.7 Å². The van der Waals surface area contributed by atoms with Crippen LogP contribution in [0, 0.1) is 20.8 Å². The Morgan fingerprint density at radius 3 is 2.83 bits per heavy atom. The third-order valence-corrected chi connectivity index (χ3v) is 4.62. The number of nitrogens with one attached hydrogen (secondary N) is 1. The number of carbonyl (C=O) groups is 1. The van der Waals surface area contributed by atoms with Gasteiger partial charge in [0.2, 0.25) is 5.91 Å². The number of aromatic nitrogens is 4. The van der Waals surface area contributed by atoms with Crippen LogP contribution in [-0.4, -0.2) is 25.7 Å². The third kappa shape index (κ3) is 3.86. The smallest absolute Gasteiger partial charge is 0.230 e. The molecule has 0 radical (unpaired) electrons. The quantitative estimate of drug-likeness (QED) is 0.774. The van der Waals surface area contributed by atoms with Gasteiger partial charge in [0.05, 0.1) is 29.4 Å². The van der Waals surface area contributed by atoms with Crippen molar-refractivity contribution < 1.29 is 4.79 Å². The van der Waals surface area contributed by atoms with E-state index in [4.69, 9.17) is 0 Å². The van der Waals surface area contributed by atoms with E-state index >= 15 is 0 Å². The number of anilines is 1. The van der Waals surface area contributed by atoms with Crippen LogP contribution >= 0.6 is 11.3 Å². The molecule has 6 nitrogen and oxygen atoms in total. The van der Waals surface area contributed by atoms with Crippen LogP contribution in [0.2, 0.25) is 0 Å². The van der Waals surface area contributed by atoms with Crippen LogP contribution in [0.4, 0.5) is 5.82 Å². The lowest BCUT2D eigenvalue weighted by molar-refractivity contribution is -0.115. The summed E-state index contributed by atoms with van der Waals surface area (Å²) in [7, 11) is 0. The van der Waals surface area contributed by atoms with Crippen LogP contribution in [0.1, 0.15) is 26.8 Å². The molecule has 0 aliphatic carbocycles. The van der Waals surface area contributed by atoms with E-state index in [-0.39, 0.29) is 5.91 Å². The molecule has 3 aromatic rings. The second kappa shape index (κ2) is 6.92. The summed E-state index contributed by atoms with van der Waals surface area (Å²) in [6.45, 7) is 6.36. The van der Waals surface area contributed by atoms with Crippen molar-refractivity contribution in [2.75, 3.05) is 5.32 Å². The van der Waals surface area contributed by atoms with E-state index in [9.17, 15) is 4.79 Å².